The Bertz CT molecular complexity index is 1550. The molecule has 4 aromatic rings. The molecule has 1 aliphatic heterocycles. The predicted octanol–water partition coefficient (Wildman–Crippen LogP) is 6.73. The first kappa shape index (κ1) is 30.3. The topological polar surface area (TPSA) is 60.4 Å². The molecule has 1 aliphatic carbocycles. The second-order valence-corrected chi connectivity index (χ2v) is 17.8. The Morgan fingerprint density at radius 2 is 1.53 bits per heavy atom. The van der Waals surface area contributed by atoms with Crippen molar-refractivity contribution >= 4 is 58.8 Å². The number of benzene rings is 2. The van der Waals surface area contributed by atoms with Crippen LogP contribution in [0, 0.1) is 17.7 Å². The third kappa shape index (κ3) is 5.32. The summed E-state index contributed by atoms with van der Waals surface area (Å²) >= 11 is 7.56. The molecule has 0 radical (unpaired) electrons. The molecule has 2 aromatic heterocycles. The van der Waals surface area contributed by atoms with Crippen molar-refractivity contribution in [3.8, 4) is 5.88 Å². The zero-order chi connectivity index (χ0) is 30.4. The lowest BCUT2D eigenvalue weighted by Gasteiger charge is -2.49. The zero-order valence-corrected chi connectivity index (χ0v) is 27.9. The van der Waals surface area contributed by atoms with Gasteiger partial charge in [-0.05, 0) is 41.4 Å². The summed E-state index contributed by atoms with van der Waals surface area (Å²) in [6.07, 6.45) is 4.13. The maximum absolute atomic E-state index is 15.3. The van der Waals surface area contributed by atoms with Crippen molar-refractivity contribution in [1.82, 2.24) is 15.0 Å². The van der Waals surface area contributed by atoms with Gasteiger partial charge in [0.25, 0.3) is 8.32 Å². The van der Waals surface area contributed by atoms with Crippen LogP contribution in [-0.2, 0) is 4.43 Å². The lowest BCUT2D eigenvalue weighted by atomic mass is 9.95. The smallest absolute Gasteiger partial charge is 0.261 e. The Hall–Kier alpha value is -2.72. The van der Waals surface area contributed by atoms with Crippen molar-refractivity contribution in [1.29, 1.82) is 0 Å². The SMILES string of the molecule is CCOc1nc(Cl)c(F)c2nc(SC)nc(N3C[C@H]4CC[C@@H](C3)[C@@H]4O[Si](c3ccccc3)(c3ccccc3)C(C)(C)C)c12. The van der Waals surface area contributed by atoms with E-state index in [1.165, 1.54) is 22.1 Å². The number of hydrogen-bond donors (Lipinski definition) is 0. The number of piperidine rings is 1. The highest BCUT2D eigenvalue weighted by atomic mass is 35.5. The highest BCUT2D eigenvalue weighted by Crippen LogP contribution is 2.47. The Morgan fingerprint density at radius 3 is 2.05 bits per heavy atom. The average molecular weight is 637 g/mol. The summed E-state index contributed by atoms with van der Waals surface area (Å²) in [5.41, 5.74) is 0.149. The second kappa shape index (κ2) is 12.0. The zero-order valence-electron chi connectivity index (χ0n) is 25.3. The number of pyridine rings is 1. The minimum Gasteiger partial charge on any atom is -0.477 e. The number of aromatic nitrogens is 3. The Morgan fingerprint density at radius 1 is 0.953 bits per heavy atom. The summed E-state index contributed by atoms with van der Waals surface area (Å²) in [6.45, 7) is 10.7. The van der Waals surface area contributed by atoms with Crippen molar-refractivity contribution < 1.29 is 13.6 Å². The fourth-order valence-electron chi connectivity index (χ4n) is 7.07. The van der Waals surface area contributed by atoms with Crippen LogP contribution in [-0.4, -0.2) is 55.3 Å². The van der Waals surface area contributed by atoms with Gasteiger partial charge in [0, 0.05) is 24.9 Å². The quantitative estimate of drug-likeness (QED) is 0.0920. The van der Waals surface area contributed by atoms with Crippen molar-refractivity contribution in [2.24, 2.45) is 11.8 Å². The molecule has 2 bridgehead atoms. The van der Waals surface area contributed by atoms with Gasteiger partial charge in [0.1, 0.15) is 16.7 Å². The molecular formula is C33H38ClFN4O2SSi. The molecule has 6 nitrogen and oxygen atoms in total. The third-order valence-corrected chi connectivity index (χ3v) is 14.7. The molecule has 0 spiro atoms. The molecule has 0 N–H and O–H groups in total. The molecule has 6 rings (SSSR count). The van der Waals surface area contributed by atoms with Gasteiger partial charge in [-0.3, -0.25) is 0 Å². The lowest BCUT2D eigenvalue weighted by Crippen LogP contribution is -2.69. The fraction of sp³-hybridized carbons (Fsp3) is 0.424. The van der Waals surface area contributed by atoms with E-state index in [2.05, 4.69) is 96.3 Å². The second-order valence-electron chi connectivity index (χ2n) is 12.5. The van der Waals surface area contributed by atoms with E-state index in [1.807, 2.05) is 13.2 Å². The highest BCUT2D eigenvalue weighted by Gasteiger charge is 2.55. The Labute approximate surface area is 263 Å². The van der Waals surface area contributed by atoms with Crippen LogP contribution >= 0.6 is 23.4 Å². The standard InChI is InChI=1S/C33H38ClFN4O2SSi/c1-6-40-31-25-27(26(35)29(34)37-31)36-32(42-5)38-30(25)39-19-21-17-18-22(20-39)28(21)41-43(33(2,3)4,23-13-9-7-10-14-23)24-15-11-8-12-16-24/h7-16,21-22,28H,6,17-20H2,1-5H3/t21-,22+,28-. The van der Waals surface area contributed by atoms with Crippen LogP contribution in [0.5, 0.6) is 5.88 Å². The molecule has 1 saturated heterocycles. The minimum atomic E-state index is -2.72. The molecule has 0 amide bonds. The van der Waals surface area contributed by atoms with E-state index in [-0.39, 0.29) is 27.7 Å². The first-order valence-electron chi connectivity index (χ1n) is 14.9. The van der Waals surface area contributed by atoms with Gasteiger partial charge in [0.2, 0.25) is 5.88 Å². The highest BCUT2D eigenvalue weighted by molar-refractivity contribution is 7.98. The number of halogens is 2. The normalized spacial score (nSPS) is 20.5. The summed E-state index contributed by atoms with van der Waals surface area (Å²) in [6, 6.07) is 21.7. The number of fused-ring (bicyclic) bond motifs is 3. The van der Waals surface area contributed by atoms with Crippen LogP contribution in [0.1, 0.15) is 40.5 Å². The van der Waals surface area contributed by atoms with Crippen LogP contribution < -0.4 is 20.0 Å². The van der Waals surface area contributed by atoms with Gasteiger partial charge in [0.05, 0.1) is 12.7 Å². The molecule has 2 aliphatic rings. The summed E-state index contributed by atoms with van der Waals surface area (Å²) in [7, 11) is -2.72. The Balaban J connectivity index is 1.42. The molecule has 3 heterocycles. The van der Waals surface area contributed by atoms with Crippen molar-refractivity contribution in [2.45, 2.75) is 56.8 Å². The Kier molecular flexibility index (Phi) is 8.45. The predicted molar refractivity (Wildman–Crippen MR) is 176 cm³/mol. The van der Waals surface area contributed by atoms with E-state index < -0.39 is 14.1 Å². The molecule has 0 unspecified atom stereocenters. The third-order valence-electron chi connectivity index (χ3n) is 8.91. The van der Waals surface area contributed by atoms with Crippen LogP contribution in [0.15, 0.2) is 65.8 Å². The first-order valence-corrected chi connectivity index (χ1v) is 18.5. The minimum absolute atomic E-state index is 0.1000. The van der Waals surface area contributed by atoms with Gasteiger partial charge in [-0.25, -0.2) is 14.4 Å². The largest absolute Gasteiger partial charge is 0.477 e. The molecule has 10 heteroatoms. The molecule has 2 aromatic carbocycles. The van der Waals surface area contributed by atoms with E-state index in [0.717, 1.165) is 25.9 Å². The molecule has 1 saturated carbocycles. The van der Waals surface area contributed by atoms with Crippen LogP contribution in [0.25, 0.3) is 10.9 Å². The van der Waals surface area contributed by atoms with E-state index in [4.69, 9.17) is 25.7 Å². The van der Waals surface area contributed by atoms with Gasteiger partial charge in [-0.1, -0.05) is 105 Å². The van der Waals surface area contributed by atoms with Gasteiger partial charge in [-0.15, -0.1) is 0 Å². The molecular weight excluding hydrogens is 599 g/mol. The number of nitrogens with zero attached hydrogens (tertiary/aromatic N) is 4. The van der Waals surface area contributed by atoms with E-state index in [9.17, 15) is 0 Å². The average Bonchev–Trinajstić information content (AvgIpc) is 3.23. The molecule has 2 fully saturated rings. The van der Waals surface area contributed by atoms with Gasteiger partial charge in [-0.2, -0.15) is 4.98 Å². The van der Waals surface area contributed by atoms with Gasteiger partial charge < -0.3 is 14.1 Å². The van der Waals surface area contributed by atoms with Crippen molar-refractivity contribution in [3.63, 3.8) is 0 Å². The number of thioether (sulfide) groups is 1. The van der Waals surface area contributed by atoms with Gasteiger partial charge >= 0.3 is 0 Å². The van der Waals surface area contributed by atoms with Crippen LogP contribution in [0.3, 0.4) is 0 Å². The van der Waals surface area contributed by atoms with E-state index in [0.29, 0.717) is 34.8 Å². The summed E-state index contributed by atoms with van der Waals surface area (Å²) < 4.78 is 28.9. The van der Waals surface area contributed by atoms with E-state index >= 15 is 4.39 Å². The summed E-state index contributed by atoms with van der Waals surface area (Å²) in [5.74, 6) is 0.866. The molecule has 3 atom stereocenters. The summed E-state index contributed by atoms with van der Waals surface area (Å²) in [4.78, 5) is 15.9. The maximum atomic E-state index is 15.3. The summed E-state index contributed by atoms with van der Waals surface area (Å²) in [5, 5.41) is 3.21. The van der Waals surface area contributed by atoms with Crippen molar-refractivity contribution in [2.75, 3.05) is 30.9 Å². The monoisotopic (exact) mass is 636 g/mol. The fourth-order valence-corrected chi connectivity index (χ4v) is 12.4. The van der Waals surface area contributed by atoms with Crippen LogP contribution in [0.2, 0.25) is 10.2 Å². The molecule has 43 heavy (non-hydrogen) atoms. The van der Waals surface area contributed by atoms with Crippen molar-refractivity contribution in [3.05, 3.63) is 71.6 Å². The number of ether oxygens (including phenoxy) is 1. The maximum Gasteiger partial charge on any atom is 0.261 e. The van der Waals surface area contributed by atoms with Crippen LogP contribution in [0.4, 0.5) is 10.2 Å². The number of hydrogen-bond acceptors (Lipinski definition) is 7. The number of anilines is 1. The lowest BCUT2D eigenvalue weighted by molar-refractivity contribution is 0.0929. The number of rotatable bonds is 8. The first-order chi connectivity index (χ1) is 20.7. The van der Waals surface area contributed by atoms with E-state index in [1.54, 1.807) is 0 Å². The molecule has 226 valence electrons. The van der Waals surface area contributed by atoms with Gasteiger partial charge in [0.15, 0.2) is 16.1 Å².